The highest BCUT2D eigenvalue weighted by Crippen LogP contribution is 2.23. The van der Waals surface area contributed by atoms with E-state index in [4.69, 9.17) is 4.74 Å². The van der Waals surface area contributed by atoms with Crippen LogP contribution >= 0.6 is 0 Å². The van der Waals surface area contributed by atoms with Gasteiger partial charge in [-0.15, -0.1) is 6.58 Å². The maximum absolute atomic E-state index is 5.88. The molecule has 1 aromatic carbocycles. The fourth-order valence-electron chi connectivity index (χ4n) is 2.01. The van der Waals surface area contributed by atoms with E-state index in [1.165, 1.54) is 5.56 Å². The van der Waals surface area contributed by atoms with E-state index >= 15 is 0 Å². The minimum Gasteiger partial charge on any atom is -0.372 e. The van der Waals surface area contributed by atoms with Gasteiger partial charge in [-0.1, -0.05) is 36.4 Å². The van der Waals surface area contributed by atoms with Crippen molar-refractivity contribution in [3.63, 3.8) is 0 Å². The van der Waals surface area contributed by atoms with Crippen LogP contribution in [0.25, 0.3) is 0 Å². The molecular weight excluding hydrogens is 210 g/mol. The van der Waals surface area contributed by atoms with Crippen LogP contribution in [0.5, 0.6) is 0 Å². The Balaban J connectivity index is 2.78. The number of hydrogen-bond donors (Lipinski definition) is 1. The number of rotatable bonds is 8. The first-order valence-corrected chi connectivity index (χ1v) is 6.28. The molecule has 1 rings (SSSR count). The standard InChI is InChI=1S/C15H23NO/c1-4-6-12-14(16-3)15(17-5-2)13-10-8-7-9-11-13/h4,7-11,14-16H,1,5-6,12H2,2-3H3. The maximum atomic E-state index is 5.88. The van der Waals surface area contributed by atoms with Gasteiger partial charge in [0.2, 0.25) is 0 Å². The first kappa shape index (κ1) is 13.9. The van der Waals surface area contributed by atoms with E-state index in [9.17, 15) is 0 Å². The van der Waals surface area contributed by atoms with Crippen LogP contribution in [0, 0.1) is 0 Å². The van der Waals surface area contributed by atoms with Crippen LogP contribution in [0.2, 0.25) is 0 Å². The van der Waals surface area contributed by atoms with Crippen LogP contribution in [-0.4, -0.2) is 19.7 Å². The zero-order chi connectivity index (χ0) is 12.5. The Morgan fingerprint density at radius 3 is 2.59 bits per heavy atom. The van der Waals surface area contributed by atoms with Gasteiger partial charge in [-0.2, -0.15) is 0 Å². The summed E-state index contributed by atoms with van der Waals surface area (Å²) in [5, 5.41) is 3.35. The highest BCUT2D eigenvalue weighted by Gasteiger charge is 2.21. The lowest BCUT2D eigenvalue weighted by molar-refractivity contribution is 0.0332. The van der Waals surface area contributed by atoms with Crippen molar-refractivity contribution in [3.05, 3.63) is 48.6 Å². The molecule has 94 valence electrons. The number of hydrogen-bond acceptors (Lipinski definition) is 2. The van der Waals surface area contributed by atoms with Crippen molar-refractivity contribution in [3.8, 4) is 0 Å². The Morgan fingerprint density at radius 2 is 2.06 bits per heavy atom. The summed E-state index contributed by atoms with van der Waals surface area (Å²) in [6, 6.07) is 10.7. The van der Waals surface area contributed by atoms with Gasteiger partial charge in [-0.3, -0.25) is 0 Å². The molecule has 0 saturated heterocycles. The van der Waals surface area contributed by atoms with Crippen LogP contribution in [0.4, 0.5) is 0 Å². The van der Waals surface area contributed by atoms with Gasteiger partial charge in [0.1, 0.15) is 0 Å². The zero-order valence-corrected chi connectivity index (χ0v) is 10.9. The molecule has 0 amide bonds. The largest absolute Gasteiger partial charge is 0.372 e. The maximum Gasteiger partial charge on any atom is 0.0977 e. The van der Waals surface area contributed by atoms with Crippen molar-refractivity contribution >= 4 is 0 Å². The van der Waals surface area contributed by atoms with Crippen molar-refractivity contribution in [2.45, 2.75) is 31.9 Å². The van der Waals surface area contributed by atoms with Crippen LogP contribution in [0.1, 0.15) is 31.4 Å². The summed E-state index contributed by atoms with van der Waals surface area (Å²) in [5.74, 6) is 0. The molecule has 1 aromatic rings. The van der Waals surface area contributed by atoms with Crippen LogP contribution in [0.15, 0.2) is 43.0 Å². The molecular formula is C15H23NO. The molecule has 0 aliphatic rings. The fourth-order valence-corrected chi connectivity index (χ4v) is 2.01. The Kier molecular flexibility index (Phi) is 6.60. The van der Waals surface area contributed by atoms with E-state index in [2.05, 4.69) is 36.2 Å². The third kappa shape index (κ3) is 4.33. The molecule has 0 aliphatic carbocycles. The molecule has 2 unspecified atom stereocenters. The predicted octanol–water partition coefficient (Wildman–Crippen LogP) is 3.32. The molecule has 2 atom stereocenters. The molecule has 2 heteroatoms. The second-order valence-corrected chi connectivity index (χ2v) is 4.05. The molecule has 0 heterocycles. The monoisotopic (exact) mass is 233 g/mol. The summed E-state index contributed by atoms with van der Waals surface area (Å²) in [5.41, 5.74) is 1.23. The topological polar surface area (TPSA) is 21.3 Å². The van der Waals surface area contributed by atoms with Gasteiger partial charge in [0.15, 0.2) is 0 Å². The molecule has 0 aliphatic heterocycles. The van der Waals surface area contributed by atoms with Crippen molar-refractivity contribution in [1.82, 2.24) is 5.32 Å². The first-order chi connectivity index (χ1) is 8.33. The Morgan fingerprint density at radius 1 is 1.35 bits per heavy atom. The van der Waals surface area contributed by atoms with Gasteiger partial charge in [0.05, 0.1) is 6.10 Å². The Hall–Kier alpha value is -1.12. The summed E-state index contributed by atoms with van der Waals surface area (Å²) >= 11 is 0. The molecule has 0 saturated carbocycles. The second-order valence-electron chi connectivity index (χ2n) is 4.05. The van der Waals surface area contributed by atoms with E-state index in [1.54, 1.807) is 0 Å². The van der Waals surface area contributed by atoms with Crippen molar-refractivity contribution < 1.29 is 4.74 Å². The van der Waals surface area contributed by atoms with Gasteiger partial charge in [-0.05, 0) is 32.4 Å². The van der Waals surface area contributed by atoms with Gasteiger partial charge in [-0.25, -0.2) is 0 Å². The Bertz CT molecular complexity index is 310. The minimum atomic E-state index is 0.117. The van der Waals surface area contributed by atoms with Crippen molar-refractivity contribution in [2.75, 3.05) is 13.7 Å². The molecule has 0 bridgehead atoms. The quantitative estimate of drug-likeness (QED) is 0.695. The lowest BCUT2D eigenvalue weighted by Gasteiger charge is -2.27. The molecule has 17 heavy (non-hydrogen) atoms. The average molecular weight is 233 g/mol. The summed E-state index contributed by atoms with van der Waals surface area (Å²) in [4.78, 5) is 0. The molecule has 0 fully saturated rings. The molecule has 1 N–H and O–H groups in total. The minimum absolute atomic E-state index is 0.117. The van der Waals surface area contributed by atoms with Gasteiger partial charge < -0.3 is 10.1 Å². The van der Waals surface area contributed by atoms with Gasteiger partial charge in [0, 0.05) is 12.6 Å². The van der Waals surface area contributed by atoms with E-state index in [-0.39, 0.29) is 6.10 Å². The van der Waals surface area contributed by atoms with E-state index in [1.807, 2.05) is 26.1 Å². The SMILES string of the molecule is C=CCCC(NC)C(OCC)c1ccccc1. The third-order valence-corrected chi connectivity index (χ3v) is 2.89. The summed E-state index contributed by atoms with van der Waals surface area (Å²) in [7, 11) is 1.99. The lowest BCUT2D eigenvalue weighted by atomic mass is 9.98. The number of benzene rings is 1. The molecule has 2 nitrogen and oxygen atoms in total. The van der Waals surface area contributed by atoms with Crippen molar-refractivity contribution in [1.29, 1.82) is 0 Å². The predicted molar refractivity (Wildman–Crippen MR) is 73.1 cm³/mol. The third-order valence-electron chi connectivity index (χ3n) is 2.89. The van der Waals surface area contributed by atoms with Crippen LogP contribution < -0.4 is 5.32 Å². The average Bonchev–Trinajstić information content (AvgIpc) is 2.39. The first-order valence-electron chi connectivity index (χ1n) is 6.28. The molecule has 0 radical (unpaired) electrons. The van der Waals surface area contributed by atoms with E-state index < -0.39 is 0 Å². The van der Waals surface area contributed by atoms with Gasteiger partial charge in [0.25, 0.3) is 0 Å². The fraction of sp³-hybridized carbons (Fsp3) is 0.467. The highest BCUT2D eigenvalue weighted by atomic mass is 16.5. The van der Waals surface area contributed by atoms with E-state index in [0.717, 1.165) is 19.4 Å². The summed E-state index contributed by atoms with van der Waals surface area (Å²) in [6.45, 7) is 6.54. The van der Waals surface area contributed by atoms with Crippen LogP contribution in [-0.2, 0) is 4.74 Å². The number of allylic oxidation sites excluding steroid dienone is 1. The number of nitrogens with one attached hydrogen (secondary N) is 1. The Labute approximate surface area is 105 Å². The van der Waals surface area contributed by atoms with Crippen LogP contribution in [0.3, 0.4) is 0 Å². The van der Waals surface area contributed by atoms with Crippen molar-refractivity contribution in [2.24, 2.45) is 0 Å². The highest BCUT2D eigenvalue weighted by molar-refractivity contribution is 5.19. The number of ether oxygens (including phenoxy) is 1. The number of likely N-dealkylation sites (N-methyl/N-ethyl adjacent to an activating group) is 1. The normalized spacial score (nSPS) is 14.2. The summed E-state index contributed by atoms with van der Waals surface area (Å²) in [6.07, 6.45) is 4.12. The lowest BCUT2D eigenvalue weighted by Crippen LogP contribution is -2.33. The molecule has 0 spiro atoms. The summed E-state index contributed by atoms with van der Waals surface area (Å²) < 4.78 is 5.88. The van der Waals surface area contributed by atoms with E-state index in [0.29, 0.717) is 6.04 Å². The second kappa shape index (κ2) is 8.04. The molecule has 0 aromatic heterocycles. The smallest absolute Gasteiger partial charge is 0.0977 e. The van der Waals surface area contributed by atoms with Gasteiger partial charge >= 0.3 is 0 Å². The zero-order valence-electron chi connectivity index (χ0n) is 10.9.